The molecule has 1 aliphatic heterocycles. The summed E-state index contributed by atoms with van der Waals surface area (Å²) < 4.78 is 0. The van der Waals surface area contributed by atoms with Crippen molar-refractivity contribution in [1.29, 1.82) is 0 Å². The van der Waals surface area contributed by atoms with E-state index < -0.39 is 0 Å². The van der Waals surface area contributed by atoms with E-state index in [1.807, 2.05) is 12.1 Å². The predicted octanol–water partition coefficient (Wildman–Crippen LogP) is 4.47. The summed E-state index contributed by atoms with van der Waals surface area (Å²) in [5, 5.41) is 1.75. The highest BCUT2D eigenvalue weighted by atomic mass is 79.9. The molecule has 1 aliphatic rings. The zero-order valence-electron chi connectivity index (χ0n) is 9.55. The highest BCUT2D eigenvalue weighted by Crippen LogP contribution is 2.35. The second kappa shape index (κ2) is 5.42. The summed E-state index contributed by atoms with van der Waals surface area (Å²) in [6.07, 6.45) is 2.56. The number of para-hydroxylation sites is 1. The molecule has 0 aromatic heterocycles. The van der Waals surface area contributed by atoms with E-state index in [0.717, 1.165) is 29.4 Å². The molecule has 1 heterocycles. The van der Waals surface area contributed by atoms with Crippen molar-refractivity contribution in [2.45, 2.75) is 25.1 Å². The summed E-state index contributed by atoms with van der Waals surface area (Å²) in [6, 6.07) is 6.16. The Kier molecular flexibility index (Phi) is 4.15. The minimum Gasteiger partial charge on any atom is -0.370 e. The number of anilines is 1. The minimum absolute atomic E-state index is 0.833. The van der Waals surface area contributed by atoms with Crippen LogP contribution >= 0.6 is 27.5 Å². The molecule has 0 aliphatic carbocycles. The van der Waals surface area contributed by atoms with Crippen LogP contribution in [0.2, 0.25) is 5.02 Å². The molecule has 1 aromatic carbocycles. The zero-order valence-corrected chi connectivity index (χ0v) is 11.9. The average Bonchev–Trinajstić information content (AvgIpc) is 2.76. The van der Waals surface area contributed by atoms with Gasteiger partial charge in [-0.3, -0.25) is 0 Å². The molecule has 88 valence electrons. The molecule has 2 rings (SSSR count). The Morgan fingerprint density at radius 2 is 2.31 bits per heavy atom. The molecule has 16 heavy (non-hydrogen) atoms. The Morgan fingerprint density at radius 3 is 2.94 bits per heavy atom. The van der Waals surface area contributed by atoms with Gasteiger partial charge < -0.3 is 4.90 Å². The van der Waals surface area contributed by atoms with Crippen molar-refractivity contribution in [2.24, 2.45) is 5.92 Å². The van der Waals surface area contributed by atoms with E-state index in [1.54, 1.807) is 0 Å². The van der Waals surface area contributed by atoms with Crippen LogP contribution in [0, 0.1) is 5.92 Å². The lowest BCUT2D eigenvalue weighted by Crippen LogP contribution is -2.21. The Labute approximate surface area is 111 Å². The van der Waals surface area contributed by atoms with Gasteiger partial charge in [-0.15, -0.1) is 0 Å². The van der Waals surface area contributed by atoms with Crippen LogP contribution in [-0.2, 0) is 5.33 Å². The molecule has 3 heteroatoms. The third kappa shape index (κ3) is 2.38. The number of hydrogen-bond donors (Lipinski definition) is 0. The minimum atomic E-state index is 0.833. The highest BCUT2D eigenvalue weighted by Gasteiger charge is 2.24. The fraction of sp³-hybridized carbons (Fsp3) is 0.538. The van der Waals surface area contributed by atoms with E-state index in [0.29, 0.717) is 0 Å². The van der Waals surface area contributed by atoms with Crippen molar-refractivity contribution in [3.63, 3.8) is 0 Å². The lowest BCUT2D eigenvalue weighted by atomic mass is 10.1. The van der Waals surface area contributed by atoms with Gasteiger partial charge in [-0.1, -0.05) is 53.0 Å². The van der Waals surface area contributed by atoms with Crippen LogP contribution in [0.15, 0.2) is 18.2 Å². The van der Waals surface area contributed by atoms with Gasteiger partial charge in [-0.2, -0.15) is 0 Å². The Bertz CT molecular complexity index is 367. The van der Waals surface area contributed by atoms with Crippen LogP contribution in [0.3, 0.4) is 0 Å². The fourth-order valence-corrected chi connectivity index (χ4v) is 3.16. The first-order chi connectivity index (χ1) is 7.76. The van der Waals surface area contributed by atoms with E-state index in [4.69, 9.17) is 11.6 Å². The van der Waals surface area contributed by atoms with E-state index in [1.165, 1.54) is 24.1 Å². The quantitative estimate of drug-likeness (QED) is 0.745. The number of hydrogen-bond acceptors (Lipinski definition) is 1. The molecule has 0 spiro atoms. The number of benzene rings is 1. The molecule has 0 saturated carbocycles. The van der Waals surface area contributed by atoms with Crippen LogP contribution in [0.1, 0.15) is 25.3 Å². The summed E-state index contributed by atoms with van der Waals surface area (Å²) in [4.78, 5) is 2.44. The smallest absolute Gasteiger partial charge is 0.0642 e. The van der Waals surface area contributed by atoms with E-state index >= 15 is 0 Å². The molecule has 1 saturated heterocycles. The van der Waals surface area contributed by atoms with Gasteiger partial charge >= 0.3 is 0 Å². The molecule has 1 fully saturated rings. The van der Waals surface area contributed by atoms with Crippen LogP contribution in [-0.4, -0.2) is 13.1 Å². The summed E-state index contributed by atoms with van der Waals surface area (Å²) >= 11 is 9.85. The van der Waals surface area contributed by atoms with Crippen LogP contribution in [0.25, 0.3) is 0 Å². The van der Waals surface area contributed by atoms with Crippen molar-refractivity contribution < 1.29 is 0 Å². The van der Waals surface area contributed by atoms with Crippen LogP contribution in [0.5, 0.6) is 0 Å². The number of nitrogens with zero attached hydrogens (tertiary/aromatic N) is 1. The second-order valence-corrected chi connectivity index (χ2v) is 5.36. The van der Waals surface area contributed by atoms with Gasteiger partial charge in [-0.05, 0) is 24.0 Å². The average molecular weight is 303 g/mol. The molecular formula is C13H17BrClN. The third-order valence-electron chi connectivity index (χ3n) is 3.39. The second-order valence-electron chi connectivity index (χ2n) is 4.39. The van der Waals surface area contributed by atoms with E-state index in [2.05, 4.69) is 33.8 Å². The zero-order chi connectivity index (χ0) is 11.5. The molecule has 1 nitrogen and oxygen atoms in total. The maximum absolute atomic E-state index is 6.32. The third-order valence-corrected chi connectivity index (χ3v) is 4.30. The van der Waals surface area contributed by atoms with E-state index in [-0.39, 0.29) is 0 Å². The summed E-state index contributed by atoms with van der Waals surface area (Å²) in [5.41, 5.74) is 2.53. The largest absolute Gasteiger partial charge is 0.370 e. The number of rotatable bonds is 3. The van der Waals surface area contributed by atoms with Crippen LogP contribution in [0.4, 0.5) is 5.69 Å². The molecular weight excluding hydrogens is 286 g/mol. The lowest BCUT2D eigenvalue weighted by Gasteiger charge is -2.22. The molecule has 1 atom stereocenters. The molecule has 1 unspecified atom stereocenters. The highest BCUT2D eigenvalue weighted by molar-refractivity contribution is 9.08. The Balaban J connectivity index is 2.26. The fourth-order valence-electron chi connectivity index (χ4n) is 2.39. The predicted molar refractivity (Wildman–Crippen MR) is 74.7 cm³/mol. The maximum Gasteiger partial charge on any atom is 0.0642 e. The topological polar surface area (TPSA) is 3.24 Å². The molecule has 1 aromatic rings. The maximum atomic E-state index is 6.32. The standard InChI is InChI=1S/C13H17BrClN/c1-2-10-6-7-16(9-10)13-11(8-14)4-3-5-12(13)15/h3-5,10H,2,6-9H2,1H3. The van der Waals surface area contributed by atoms with Gasteiger partial charge in [0.1, 0.15) is 0 Å². The first kappa shape index (κ1) is 12.3. The summed E-state index contributed by atoms with van der Waals surface area (Å²) in [6.45, 7) is 4.56. The van der Waals surface area contributed by atoms with Crippen LogP contribution < -0.4 is 4.90 Å². The number of alkyl halides is 1. The summed E-state index contributed by atoms with van der Waals surface area (Å²) in [7, 11) is 0. The van der Waals surface area contributed by atoms with Crippen molar-refractivity contribution in [2.75, 3.05) is 18.0 Å². The first-order valence-corrected chi connectivity index (χ1v) is 7.34. The van der Waals surface area contributed by atoms with Crippen molar-refractivity contribution in [3.8, 4) is 0 Å². The Hall–Kier alpha value is -0.210. The first-order valence-electron chi connectivity index (χ1n) is 5.84. The monoisotopic (exact) mass is 301 g/mol. The number of halogens is 2. The molecule has 0 radical (unpaired) electrons. The van der Waals surface area contributed by atoms with Gasteiger partial charge in [0.2, 0.25) is 0 Å². The molecule has 0 N–H and O–H groups in total. The van der Waals surface area contributed by atoms with Crippen molar-refractivity contribution in [3.05, 3.63) is 28.8 Å². The van der Waals surface area contributed by atoms with Gasteiger partial charge in [0.05, 0.1) is 10.7 Å². The van der Waals surface area contributed by atoms with E-state index in [9.17, 15) is 0 Å². The SMILES string of the molecule is CCC1CCN(c2c(Cl)cccc2CBr)C1. The van der Waals surface area contributed by atoms with Gasteiger partial charge in [0, 0.05) is 18.4 Å². The lowest BCUT2D eigenvalue weighted by molar-refractivity contribution is 0.569. The van der Waals surface area contributed by atoms with Gasteiger partial charge in [-0.25, -0.2) is 0 Å². The van der Waals surface area contributed by atoms with Crippen molar-refractivity contribution >= 4 is 33.2 Å². The summed E-state index contributed by atoms with van der Waals surface area (Å²) in [5.74, 6) is 0.833. The van der Waals surface area contributed by atoms with Crippen molar-refractivity contribution in [1.82, 2.24) is 0 Å². The normalized spacial score (nSPS) is 20.4. The Morgan fingerprint density at radius 1 is 1.50 bits per heavy atom. The molecule has 0 bridgehead atoms. The van der Waals surface area contributed by atoms with Gasteiger partial charge in [0.25, 0.3) is 0 Å². The van der Waals surface area contributed by atoms with Gasteiger partial charge in [0.15, 0.2) is 0 Å². The molecule has 0 amide bonds.